The number of rotatable bonds is 17. The van der Waals surface area contributed by atoms with E-state index >= 15 is 0 Å². The van der Waals surface area contributed by atoms with Gasteiger partial charge < -0.3 is 35.6 Å². The Morgan fingerprint density at radius 2 is 1.37 bits per heavy atom. The molecule has 0 aliphatic heterocycles. The molecule has 1 aliphatic carbocycles. The fraction of sp³-hybridized carbons (Fsp3) is 0.294. The standard InChI is InChI=1S/C34H31F4N3O10/c35-21-15-22(36)29(38)30(28(21)37)50-17-25(42)24(16-27(45)46)41-33(49)34(12-5-13-34)32(48)40-23(10-11-26(43)44)31(47)39-18-6-4-9-20(14-18)51-19-7-2-1-3-8-19/h1-4,6-9,14-15,23-24H,5,10-13,16-17H2,(H,39,47)(H,40,48)(H,41,49)(H,43,44)(H,45,46). The summed E-state index contributed by atoms with van der Waals surface area (Å²) in [5.74, 6) is -15.5. The van der Waals surface area contributed by atoms with Crippen LogP contribution < -0.4 is 25.4 Å². The Morgan fingerprint density at radius 1 is 0.765 bits per heavy atom. The third kappa shape index (κ3) is 9.58. The fourth-order valence-electron chi connectivity index (χ4n) is 5.05. The van der Waals surface area contributed by atoms with Crippen molar-refractivity contribution in [1.29, 1.82) is 0 Å². The zero-order valence-corrected chi connectivity index (χ0v) is 26.6. The maximum Gasteiger partial charge on any atom is 0.305 e. The molecule has 5 N–H and O–H groups in total. The average molecular weight is 718 g/mol. The van der Waals surface area contributed by atoms with Gasteiger partial charge in [0.2, 0.25) is 29.4 Å². The quantitative estimate of drug-likeness (QED) is 0.0770. The molecular formula is C34H31F4N3O10. The Morgan fingerprint density at radius 3 is 1.94 bits per heavy atom. The van der Waals surface area contributed by atoms with E-state index in [2.05, 4.69) is 20.7 Å². The Hall–Kier alpha value is -6.00. The monoisotopic (exact) mass is 717 g/mol. The molecule has 13 nitrogen and oxygen atoms in total. The molecular weight excluding hydrogens is 686 g/mol. The van der Waals surface area contributed by atoms with Crippen LogP contribution in [-0.4, -0.2) is 64.3 Å². The highest BCUT2D eigenvalue weighted by Gasteiger charge is 2.52. The van der Waals surface area contributed by atoms with E-state index in [-0.39, 0.29) is 24.6 Å². The number of nitrogens with one attached hydrogen (secondary N) is 3. The van der Waals surface area contributed by atoms with E-state index in [0.717, 1.165) is 0 Å². The number of benzene rings is 3. The minimum absolute atomic E-state index is 0.0919. The maximum absolute atomic E-state index is 14.0. The predicted molar refractivity (Wildman–Crippen MR) is 168 cm³/mol. The molecule has 0 bridgehead atoms. The van der Waals surface area contributed by atoms with Crippen LogP contribution in [0.25, 0.3) is 0 Å². The van der Waals surface area contributed by atoms with Crippen LogP contribution in [0.2, 0.25) is 0 Å². The van der Waals surface area contributed by atoms with Crippen LogP contribution in [-0.2, 0) is 28.8 Å². The molecule has 1 aliphatic rings. The van der Waals surface area contributed by atoms with Crippen molar-refractivity contribution in [3.05, 3.63) is 83.9 Å². The van der Waals surface area contributed by atoms with Crippen molar-refractivity contribution >= 4 is 41.1 Å². The highest BCUT2D eigenvalue weighted by atomic mass is 19.2. The molecule has 3 amide bonds. The molecule has 1 saturated carbocycles. The van der Waals surface area contributed by atoms with E-state index in [9.17, 15) is 56.5 Å². The number of aliphatic carboxylic acids is 2. The zero-order chi connectivity index (χ0) is 37.3. The Kier molecular flexibility index (Phi) is 12.3. The molecule has 0 heterocycles. The van der Waals surface area contributed by atoms with Crippen molar-refractivity contribution in [1.82, 2.24) is 10.6 Å². The van der Waals surface area contributed by atoms with Crippen molar-refractivity contribution in [2.24, 2.45) is 5.41 Å². The number of carbonyl (C=O) groups is 6. The molecule has 17 heteroatoms. The first-order valence-corrected chi connectivity index (χ1v) is 15.4. The lowest BCUT2D eigenvalue weighted by Crippen LogP contribution is -2.60. The van der Waals surface area contributed by atoms with Gasteiger partial charge in [0.25, 0.3) is 0 Å². The van der Waals surface area contributed by atoms with Gasteiger partial charge in [-0.2, -0.15) is 8.78 Å². The van der Waals surface area contributed by atoms with E-state index < -0.39 is 108 Å². The number of carboxylic acids is 2. The molecule has 0 radical (unpaired) electrons. The van der Waals surface area contributed by atoms with Gasteiger partial charge in [-0.3, -0.25) is 28.8 Å². The van der Waals surface area contributed by atoms with E-state index in [1.165, 1.54) is 12.1 Å². The number of anilines is 1. The molecule has 4 rings (SSSR count). The van der Waals surface area contributed by atoms with Gasteiger partial charge in [-0.1, -0.05) is 30.7 Å². The molecule has 3 aromatic carbocycles. The van der Waals surface area contributed by atoms with Crippen LogP contribution in [0.5, 0.6) is 17.2 Å². The second-order valence-corrected chi connectivity index (χ2v) is 11.5. The molecule has 51 heavy (non-hydrogen) atoms. The van der Waals surface area contributed by atoms with Gasteiger partial charge >= 0.3 is 11.9 Å². The molecule has 270 valence electrons. The summed E-state index contributed by atoms with van der Waals surface area (Å²) in [6.07, 6.45) is -1.92. The summed E-state index contributed by atoms with van der Waals surface area (Å²) in [5, 5.41) is 25.7. The number of hydrogen-bond acceptors (Lipinski definition) is 8. The number of ether oxygens (including phenoxy) is 2. The highest BCUT2D eigenvalue weighted by molar-refractivity contribution is 6.09. The summed E-state index contributed by atoms with van der Waals surface area (Å²) in [7, 11) is 0. The second kappa shape index (κ2) is 16.6. The Bertz CT molecular complexity index is 1790. The first-order chi connectivity index (χ1) is 24.2. The second-order valence-electron chi connectivity index (χ2n) is 11.5. The number of amides is 3. The van der Waals surface area contributed by atoms with Crippen LogP contribution >= 0.6 is 0 Å². The average Bonchev–Trinajstić information content (AvgIpc) is 3.05. The van der Waals surface area contributed by atoms with Gasteiger partial charge in [-0.25, -0.2) is 8.78 Å². The predicted octanol–water partition coefficient (Wildman–Crippen LogP) is 4.10. The molecule has 0 saturated heterocycles. The third-order valence-corrected chi connectivity index (χ3v) is 7.93. The van der Waals surface area contributed by atoms with E-state index in [1.807, 2.05) is 0 Å². The molecule has 0 spiro atoms. The van der Waals surface area contributed by atoms with Crippen LogP contribution in [0.15, 0.2) is 60.7 Å². The van der Waals surface area contributed by atoms with Gasteiger partial charge in [0.1, 0.15) is 35.6 Å². The highest BCUT2D eigenvalue weighted by Crippen LogP contribution is 2.42. The number of para-hydroxylation sites is 1. The smallest absolute Gasteiger partial charge is 0.305 e. The summed E-state index contributed by atoms with van der Waals surface area (Å²) >= 11 is 0. The number of halogens is 4. The van der Waals surface area contributed by atoms with Gasteiger partial charge in [-0.05, 0) is 43.5 Å². The van der Waals surface area contributed by atoms with Crippen LogP contribution in [0, 0.1) is 28.7 Å². The lowest BCUT2D eigenvalue weighted by atomic mass is 9.67. The van der Waals surface area contributed by atoms with Gasteiger partial charge in [0.05, 0.1) is 6.42 Å². The summed E-state index contributed by atoms with van der Waals surface area (Å²) < 4.78 is 65.5. The SMILES string of the molecule is O=C(O)CCC(NC(=O)C1(C(=O)NC(CC(=O)O)C(=O)COc2c(F)c(F)cc(F)c2F)CCC1)C(=O)Nc1cccc(Oc2ccccc2)c1. The summed E-state index contributed by atoms with van der Waals surface area (Å²) in [6.45, 7) is -1.33. The van der Waals surface area contributed by atoms with Crippen molar-refractivity contribution in [3.63, 3.8) is 0 Å². The van der Waals surface area contributed by atoms with E-state index in [0.29, 0.717) is 17.9 Å². The maximum atomic E-state index is 14.0. The first-order valence-electron chi connectivity index (χ1n) is 15.4. The number of Topliss-reactive ketones (excluding diaryl/α,β-unsaturated/α-hetero) is 1. The fourth-order valence-corrected chi connectivity index (χ4v) is 5.05. The number of hydrogen-bond donors (Lipinski definition) is 5. The number of carbonyl (C=O) groups excluding carboxylic acids is 4. The van der Waals surface area contributed by atoms with Crippen LogP contribution in [0.4, 0.5) is 23.2 Å². The molecule has 1 fully saturated rings. The minimum atomic E-state index is -1.96. The van der Waals surface area contributed by atoms with E-state index in [1.54, 1.807) is 42.5 Å². The largest absolute Gasteiger partial charge is 0.481 e. The Balaban J connectivity index is 1.47. The Labute approximate surface area is 286 Å². The van der Waals surface area contributed by atoms with Gasteiger partial charge in [-0.15, -0.1) is 0 Å². The normalized spacial score (nSPS) is 14.2. The molecule has 2 unspecified atom stereocenters. The van der Waals surface area contributed by atoms with Crippen molar-refractivity contribution in [3.8, 4) is 17.2 Å². The van der Waals surface area contributed by atoms with Crippen molar-refractivity contribution in [2.45, 2.75) is 50.6 Å². The van der Waals surface area contributed by atoms with Gasteiger partial charge in [0.15, 0.2) is 23.2 Å². The van der Waals surface area contributed by atoms with Crippen LogP contribution in [0.1, 0.15) is 38.5 Å². The minimum Gasteiger partial charge on any atom is -0.481 e. The molecule has 0 aromatic heterocycles. The molecule has 2 atom stereocenters. The van der Waals surface area contributed by atoms with Crippen LogP contribution in [0.3, 0.4) is 0 Å². The summed E-state index contributed by atoms with van der Waals surface area (Å²) in [5.41, 5.74) is -1.69. The number of ketones is 1. The van der Waals surface area contributed by atoms with Gasteiger partial charge in [0, 0.05) is 24.2 Å². The first kappa shape index (κ1) is 37.8. The van der Waals surface area contributed by atoms with Crippen molar-refractivity contribution < 1.29 is 66.0 Å². The topological polar surface area (TPSA) is 197 Å². The lowest BCUT2D eigenvalue weighted by molar-refractivity contribution is -0.152. The molecule has 3 aromatic rings. The summed E-state index contributed by atoms with van der Waals surface area (Å²) in [4.78, 5) is 76.1. The van der Waals surface area contributed by atoms with E-state index in [4.69, 9.17) is 4.74 Å². The lowest BCUT2D eigenvalue weighted by Gasteiger charge is -2.40. The summed E-state index contributed by atoms with van der Waals surface area (Å²) in [6, 6.07) is 11.4. The van der Waals surface area contributed by atoms with Crippen molar-refractivity contribution in [2.75, 3.05) is 11.9 Å². The zero-order valence-electron chi connectivity index (χ0n) is 26.6. The third-order valence-electron chi connectivity index (χ3n) is 7.93. The number of carboxylic acid groups (broad SMARTS) is 2.